The average molecular weight is 200 g/mol. The maximum Gasteiger partial charge on any atom is 0.163 e. The zero-order valence-corrected chi connectivity index (χ0v) is 8.12. The minimum Gasteiger partial charge on any atom is -0.504 e. The molecule has 1 aromatic carbocycles. The van der Waals surface area contributed by atoms with E-state index in [9.17, 15) is 9.50 Å². The van der Waals surface area contributed by atoms with Gasteiger partial charge >= 0.3 is 0 Å². The topological polar surface area (TPSA) is 49.7 Å². The summed E-state index contributed by atoms with van der Waals surface area (Å²) in [5.74, 6) is -0.522. The molecule has 1 rings (SSSR count). The molecule has 78 valence electrons. The van der Waals surface area contributed by atoms with Gasteiger partial charge in [-0.1, -0.05) is 0 Å². The molecule has 1 atom stereocenters. The number of methoxy groups -OCH3 is 1. The van der Waals surface area contributed by atoms with Gasteiger partial charge in [0.1, 0.15) is 5.82 Å². The largest absolute Gasteiger partial charge is 0.504 e. The van der Waals surface area contributed by atoms with Crippen LogP contribution in [0.4, 0.5) is 4.39 Å². The number of benzene rings is 1. The summed E-state index contributed by atoms with van der Waals surface area (Å²) >= 11 is 0. The molecule has 0 saturated carbocycles. The fourth-order valence-corrected chi connectivity index (χ4v) is 1.26. The summed E-state index contributed by atoms with van der Waals surface area (Å²) in [4.78, 5) is 0. The second kappa shape index (κ2) is 4.28. The minimum absolute atomic E-state index is 0.0839. The van der Waals surface area contributed by atoms with Crippen LogP contribution in [0.25, 0.3) is 0 Å². The first-order valence-electron chi connectivity index (χ1n) is 4.28. The van der Waals surface area contributed by atoms with Gasteiger partial charge in [0, 0.05) is 18.1 Å². The summed E-state index contributed by atoms with van der Waals surface area (Å²) in [6.45, 7) is 1.57. The summed E-state index contributed by atoms with van der Waals surface area (Å²) in [6.07, 6.45) is -0.438. The lowest BCUT2D eigenvalue weighted by atomic mass is 10.1. The van der Waals surface area contributed by atoms with Gasteiger partial charge in [-0.3, -0.25) is 0 Å². The Balaban J connectivity index is 3.08. The van der Waals surface area contributed by atoms with Gasteiger partial charge in [-0.2, -0.15) is 0 Å². The zero-order chi connectivity index (χ0) is 10.7. The molecule has 2 N–H and O–H groups in total. The summed E-state index contributed by atoms with van der Waals surface area (Å²) in [5.41, 5.74) is 0.344. The molecule has 0 saturated heterocycles. The summed E-state index contributed by atoms with van der Waals surface area (Å²) < 4.78 is 17.7. The smallest absolute Gasteiger partial charge is 0.163 e. The molecule has 0 aliphatic carbocycles. The van der Waals surface area contributed by atoms with Crippen molar-refractivity contribution in [1.29, 1.82) is 0 Å². The Morgan fingerprint density at radius 3 is 2.64 bits per heavy atom. The van der Waals surface area contributed by atoms with E-state index in [1.165, 1.54) is 13.2 Å². The Kier molecular flexibility index (Phi) is 3.30. The van der Waals surface area contributed by atoms with Gasteiger partial charge in [0.05, 0.1) is 13.2 Å². The molecule has 0 spiro atoms. The molecule has 3 nitrogen and oxygen atoms in total. The average Bonchev–Trinajstić information content (AvgIpc) is 2.09. The van der Waals surface area contributed by atoms with Crippen molar-refractivity contribution in [2.45, 2.75) is 19.4 Å². The van der Waals surface area contributed by atoms with Crippen molar-refractivity contribution in [2.24, 2.45) is 0 Å². The van der Waals surface area contributed by atoms with Crippen molar-refractivity contribution in [3.63, 3.8) is 0 Å². The number of phenolic OH excluding ortho intramolecular Hbond substituents is 1. The van der Waals surface area contributed by atoms with Crippen molar-refractivity contribution in [1.82, 2.24) is 0 Å². The van der Waals surface area contributed by atoms with Crippen molar-refractivity contribution >= 4 is 0 Å². The molecule has 0 aliphatic heterocycles. The molecule has 1 unspecified atom stereocenters. The van der Waals surface area contributed by atoms with E-state index < -0.39 is 11.9 Å². The van der Waals surface area contributed by atoms with E-state index in [-0.39, 0.29) is 17.9 Å². The Bertz CT molecular complexity index is 323. The van der Waals surface area contributed by atoms with E-state index in [0.717, 1.165) is 6.07 Å². The second-order valence-electron chi connectivity index (χ2n) is 3.17. The number of hydrogen-bond acceptors (Lipinski definition) is 3. The minimum atomic E-state index is -0.632. The highest BCUT2D eigenvalue weighted by Crippen LogP contribution is 2.31. The molecule has 0 radical (unpaired) electrons. The van der Waals surface area contributed by atoms with E-state index in [4.69, 9.17) is 9.84 Å². The number of aromatic hydroxyl groups is 1. The van der Waals surface area contributed by atoms with Crippen LogP contribution in [0.1, 0.15) is 12.5 Å². The van der Waals surface area contributed by atoms with Gasteiger partial charge < -0.3 is 14.9 Å². The molecular weight excluding hydrogens is 187 g/mol. The van der Waals surface area contributed by atoms with Gasteiger partial charge in [-0.05, 0) is 13.0 Å². The fraction of sp³-hybridized carbons (Fsp3) is 0.400. The van der Waals surface area contributed by atoms with Crippen LogP contribution in [0.15, 0.2) is 12.1 Å². The number of rotatable bonds is 3. The number of ether oxygens (including phenoxy) is 1. The van der Waals surface area contributed by atoms with Crippen LogP contribution in [-0.4, -0.2) is 23.4 Å². The Morgan fingerprint density at radius 1 is 1.50 bits per heavy atom. The van der Waals surface area contributed by atoms with Crippen molar-refractivity contribution in [2.75, 3.05) is 7.11 Å². The monoisotopic (exact) mass is 200 g/mol. The molecule has 1 aromatic rings. The van der Waals surface area contributed by atoms with Gasteiger partial charge in [0.25, 0.3) is 0 Å². The highest BCUT2D eigenvalue weighted by molar-refractivity contribution is 5.46. The number of hydrogen-bond donors (Lipinski definition) is 2. The van der Waals surface area contributed by atoms with Crippen LogP contribution in [-0.2, 0) is 6.42 Å². The highest BCUT2D eigenvalue weighted by Gasteiger charge is 2.12. The van der Waals surface area contributed by atoms with Crippen molar-refractivity contribution in [3.05, 3.63) is 23.5 Å². The first-order valence-corrected chi connectivity index (χ1v) is 4.28. The molecule has 0 bridgehead atoms. The normalized spacial score (nSPS) is 12.6. The quantitative estimate of drug-likeness (QED) is 0.776. The second-order valence-corrected chi connectivity index (χ2v) is 3.17. The van der Waals surface area contributed by atoms with Crippen LogP contribution < -0.4 is 4.74 Å². The van der Waals surface area contributed by atoms with Gasteiger partial charge in [0.2, 0.25) is 0 Å². The predicted octanol–water partition coefficient (Wildman–Crippen LogP) is 1.46. The van der Waals surface area contributed by atoms with Crippen LogP contribution >= 0.6 is 0 Å². The summed E-state index contributed by atoms with van der Waals surface area (Å²) in [5, 5.41) is 18.7. The number of aliphatic hydroxyl groups is 1. The predicted molar refractivity (Wildman–Crippen MR) is 50.0 cm³/mol. The zero-order valence-electron chi connectivity index (χ0n) is 8.12. The fourth-order valence-electron chi connectivity index (χ4n) is 1.26. The molecule has 0 amide bonds. The van der Waals surface area contributed by atoms with Crippen LogP contribution in [0, 0.1) is 5.82 Å². The first-order chi connectivity index (χ1) is 6.54. The molecular formula is C10H13FO3. The summed E-state index contributed by atoms with van der Waals surface area (Å²) in [6, 6.07) is 2.28. The first kappa shape index (κ1) is 10.8. The standard InChI is InChI=1S/C10H13FO3/c1-6(12)3-7-4-8(11)5-9(14-2)10(7)13/h4-6,12-13H,3H2,1-2H3. The number of aliphatic hydroxyl groups excluding tert-OH is 1. The van der Waals surface area contributed by atoms with Gasteiger partial charge in [-0.25, -0.2) is 4.39 Å². The molecule has 14 heavy (non-hydrogen) atoms. The van der Waals surface area contributed by atoms with Gasteiger partial charge in [0.15, 0.2) is 11.5 Å². The van der Waals surface area contributed by atoms with Gasteiger partial charge in [-0.15, -0.1) is 0 Å². The molecule has 0 fully saturated rings. The Hall–Kier alpha value is -1.29. The lowest BCUT2D eigenvalue weighted by Crippen LogP contribution is -2.05. The van der Waals surface area contributed by atoms with Crippen molar-refractivity contribution in [3.8, 4) is 11.5 Å². The maximum absolute atomic E-state index is 13.0. The lowest BCUT2D eigenvalue weighted by molar-refractivity contribution is 0.194. The highest BCUT2D eigenvalue weighted by atomic mass is 19.1. The van der Waals surface area contributed by atoms with Crippen LogP contribution in [0.3, 0.4) is 0 Å². The molecule has 4 heteroatoms. The van der Waals surface area contributed by atoms with E-state index >= 15 is 0 Å². The maximum atomic E-state index is 13.0. The SMILES string of the molecule is COc1cc(F)cc(CC(C)O)c1O. The Morgan fingerprint density at radius 2 is 2.14 bits per heavy atom. The third-order valence-corrected chi connectivity index (χ3v) is 1.85. The number of phenols is 1. The number of halogens is 1. The van der Waals surface area contributed by atoms with E-state index in [2.05, 4.69) is 0 Å². The van der Waals surface area contributed by atoms with E-state index in [0.29, 0.717) is 5.56 Å². The molecule has 0 aliphatic rings. The molecule has 0 aromatic heterocycles. The third-order valence-electron chi connectivity index (χ3n) is 1.85. The Labute approximate surface area is 81.8 Å². The van der Waals surface area contributed by atoms with E-state index in [1.807, 2.05) is 0 Å². The van der Waals surface area contributed by atoms with Crippen LogP contribution in [0.2, 0.25) is 0 Å². The summed E-state index contributed by atoms with van der Waals surface area (Å²) in [7, 11) is 1.35. The van der Waals surface area contributed by atoms with E-state index in [1.54, 1.807) is 6.92 Å². The third kappa shape index (κ3) is 2.35. The van der Waals surface area contributed by atoms with Crippen molar-refractivity contribution < 1.29 is 19.3 Å². The lowest BCUT2D eigenvalue weighted by Gasteiger charge is -2.10. The van der Waals surface area contributed by atoms with Crippen LogP contribution in [0.5, 0.6) is 11.5 Å². The molecule has 0 heterocycles.